The average Bonchev–Trinajstić information content (AvgIpc) is 3.06. The normalized spacial score (nSPS) is 11.4. The van der Waals surface area contributed by atoms with E-state index in [1.165, 1.54) is 132 Å². The van der Waals surface area contributed by atoms with Crippen LogP contribution >= 0.6 is 23.5 Å². The molecule has 0 radical (unpaired) electrons. The molecule has 0 N–H and O–H groups in total. The molecule has 0 saturated carbocycles. The first kappa shape index (κ1) is 39.5. The highest BCUT2D eigenvalue weighted by Crippen LogP contribution is 2.33. The highest BCUT2D eigenvalue weighted by molar-refractivity contribution is 8.02. The van der Waals surface area contributed by atoms with E-state index < -0.39 is 0 Å². The monoisotopic (exact) mass is 652 g/mol. The molecule has 252 valence electrons. The van der Waals surface area contributed by atoms with Crippen LogP contribution in [0.4, 0.5) is 0 Å². The molecule has 2 rings (SSSR count). The molecule has 0 aliphatic carbocycles. The maximum absolute atomic E-state index is 13.0. The molecule has 0 fully saturated rings. The van der Waals surface area contributed by atoms with Gasteiger partial charge in [0.05, 0.1) is 6.61 Å². The lowest BCUT2D eigenvalue weighted by atomic mass is 10.0. The van der Waals surface area contributed by atoms with Crippen LogP contribution in [-0.4, -0.2) is 23.9 Å². The largest absolute Gasteiger partial charge is 0.494 e. The summed E-state index contributed by atoms with van der Waals surface area (Å²) in [5.74, 6) is 3.10. The number of hydrogen-bond donors (Lipinski definition) is 0. The molecule has 0 spiro atoms. The van der Waals surface area contributed by atoms with Crippen LogP contribution in [0.25, 0.3) is 6.08 Å². The number of carbonyl (C=O) groups is 1. The number of thioether (sulfide) groups is 2. The van der Waals surface area contributed by atoms with Gasteiger partial charge in [-0.15, -0.1) is 23.5 Å². The van der Waals surface area contributed by atoms with E-state index in [1.807, 2.05) is 53.9 Å². The summed E-state index contributed by atoms with van der Waals surface area (Å²) in [4.78, 5) is 15.7. The summed E-state index contributed by atoms with van der Waals surface area (Å²) in [6.07, 6.45) is 30.5. The minimum atomic E-state index is 0.0180. The molecular weight excluding hydrogens is 589 g/mol. The fourth-order valence-electron chi connectivity index (χ4n) is 5.36. The lowest BCUT2D eigenvalue weighted by molar-refractivity contribution is 0.104. The zero-order chi connectivity index (χ0) is 32.2. The predicted octanol–water partition coefficient (Wildman–Crippen LogP) is 14.0. The van der Waals surface area contributed by atoms with Gasteiger partial charge in [-0.2, -0.15) is 0 Å². The predicted molar refractivity (Wildman–Crippen MR) is 203 cm³/mol. The van der Waals surface area contributed by atoms with E-state index in [1.54, 1.807) is 6.08 Å². The van der Waals surface area contributed by atoms with Crippen molar-refractivity contribution < 1.29 is 9.53 Å². The van der Waals surface area contributed by atoms with Gasteiger partial charge in [0.25, 0.3) is 0 Å². The number of rotatable bonds is 29. The Morgan fingerprint density at radius 3 is 1.71 bits per heavy atom. The Kier molecular flexibility index (Phi) is 24.1. The molecule has 4 heteroatoms. The van der Waals surface area contributed by atoms with Crippen molar-refractivity contribution in [3.63, 3.8) is 0 Å². The summed E-state index contributed by atoms with van der Waals surface area (Å²) in [7, 11) is 0. The van der Waals surface area contributed by atoms with Gasteiger partial charge in [-0.1, -0.05) is 154 Å². The molecule has 0 atom stereocenters. The van der Waals surface area contributed by atoms with Gasteiger partial charge < -0.3 is 4.74 Å². The molecule has 0 aliphatic heterocycles. The van der Waals surface area contributed by atoms with Gasteiger partial charge in [0.1, 0.15) is 5.75 Å². The fourth-order valence-corrected chi connectivity index (χ4v) is 7.82. The fraction of sp³-hybridized carbons (Fsp3) is 0.634. The molecular formula is C41H64O2S2. The molecule has 0 heterocycles. The van der Waals surface area contributed by atoms with Gasteiger partial charge in [-0.25, -0.2) is 0 Å². The molecule has 0 unspecified atom stereocenters. The first-order valence-electron chi connectivity index (χ1n) is 18.5. The summed E-state index contributed by atoms with van der Waals surface area (Å²) in [6, 6.07) is 14.3. The summed E-state index contributed by atoms with van der Waals surface area (Å²) in [5, 5.41) is 0. The Hall–Kier alpha value is -1.65. The molecule has 0 amide bonds. The zero-order valence-electron chi connectivity index (χ0n) is 29.1. The smallest absolute Gasteiger partial charge is 0.185 e. The first-order valence-corrected chi connectivity index (χ1v) is 20.5. The van der Waals surface area contributed by atoms with E-state index in [-0.39, 0.29) is 5.78 Å². The summed E-state index contributed by atoms with van der Waals surface area (Å²) in [6.45, 7) is 7.49. The van der Waals surface area contributed by atoms with Crippen molar-refractivity contribution >= 4 is 35.4 Å². The molecule has 0 bridgehead atoms. The van der Waals surface area contributed by atoms with Gasteiger partial charge in [-0.3, -0.25) is 4.79 Å². The van der Waals surface area contributed by atoms with E-state index in [4.69, 9.17) is 4.74 Å². The summed E-state index contributed by atoms with van der Waals surface area (Å²) < 4.78 is 6.01. The van der Waals surface area contributed by atoms with Crippen LogP contribution in [0.2, 0.25) is 0 Å². The molecule has 45 heavy (non-hydrogen) atoms. The van der Waals surface area contributed by atoms with E-state index in [0.29, 0.717) is 12.2 Å². The second-order valence-electron chi connectivity index (χ2n) is 12.5. The number of allylic oxidation sites excluding steroid dienone is 1. The third kappa shape index (κ3) is 19.6. The summed E-state index contributed by atoms with van der Waals surface area (Å²) in [5.41, 5.74) is 1.76. The van der Waals surface area contributed by atoms with Gasteiger partial charge >= 0.3 is 0 Å². The average molecular weight is 653 g/mol. The Labute approximate surface area is 286 Å². The number of unbranched alkanes of at least 4 members (excludes halogenated alkanes) is 17. The number of ketones is 1. The SMILES string of the molecule is CCCCCCCCCCCCCCCCCCOc1cccc(C(=O)C=Cc2ccc(SCCCC)c(SCCCC)c2)c1. The van der Waals surface area contributed by atoms with Crippen molar-refractivity contribution in [2.24, 2.45) is 0 Å². The lowest BCUT2D eigenvalue weighted by Crippen LogP contribution is -2.00. The number of hydrogen-bond acceptors (Lipinski definition) is 4. The van der Waals surface area contributed by atoms with Crippen LogP contribution in [-0.2, 0) is 0 Å². The van der Waals surface area contributed by atoms with Gasteiger partial charge in [0.15, 0.2) is 5.78 Å². The second kappa shape index (κ2) is 27.5. The zero-order valence-corrected chi connectivity index (χ0v) is 30.7. The van der Waals surface area contributed by atoms with Crippen molar-refractivity contribution in [2.75, 3.05) is 18.1 Å². The lowest BCUT2D eigenvalue weighted by Gasteiger charge is -2.10. The van der Waals surface area contributed by atoms with Gasteiger partial charge in [-0.05, 0) is 66.7 Å². The van der Waals surface area contributed by atoms with Crippen LogP contribution < -0.4 is 4.74 Å². The Bertz CT molecular complexity index is 1050. The standard InChI is InChI=1S/C41H64O2S2/c1-4-7-10-11-12-13-14-15-16-17-18-19-20-21-22-23-31-43-38-26-24-25-37(35-38)39(42)29-27-36-28-30-40(44-32-8-5-2)41(34-36)45-33-9-6-3/h24-30,34-35H,4-23,31-33H2,1-3H3. The topological polar surface area (TPSA) is 26.3 Å². The van der Waals surface area contributed by atoms with Crippen LogP contribution in [0, 0.1) is 0 Å². The van der Waals surface area contributed by atoms with Crippen molar-refractivity contribution in [3.05, 3.63) is 59.7 Å². The van der Waals surface area contributed by atoms with Crippen molar-refractivity contribution in [1.82, 2.24) is 0 Å². The van der Waals surface area contributed by atoms with Crippen molar-refractivity contribution in [3.8, 4) is 5.75 Å². The molecule has 2 aromatic carbocycles. The first-order chi connectivity index (χ1) is 22.2. The van der Waals surface area contributed by atoms with Gasteiger partial charge in [0, 0.05) is 15.4 Å². The van der Waals surface area contributed by atoms with E-state index in [9.17, 15) is 4.79 Å². The Morgan fingerprint density at radius 1 is 0.600 bits per heavy atom. The quantitative estimate of drug-likeness (QED) is 0.0378. The molecule has 2 nitrogen and oxygen atoms in total. The number of benzene rings is 2. The highest BCUT2D eigenvalue weighted by Gasteiger charge is 2.07. The van der Waals surface area contributed by atoms with Crippen LogP contribution in [0.1, 0.15) is 165 Å². The van der Waals surface area contributed by atoms with Crippen molar-refractivity contribution in [1.29, 1.82) is 0 Å². The number of ether oxygens (including phenoxy) is 1. The van der Waals surface area contributed by atoms with E-state index in [0.717, 1.165) is 29.2 Å². The molecule has 0 aliphatic rings. The van der Waals surface area contributed by atoms with Crippen LogP contribution in [0.5, 0.6) is 5.75 Å². The number of carbonyl (C=O) groups excluding carboxylic acids is 1. The van der Waals surface area contributed by atoms with E-state index >= 15 is 0 Å². The minimum absolute atomic E-state index is 0.0180. The Balaban J connectivity index is 1.63. The van der Waals surface area contributed by atoms with Crippen molar-refractivity contribution in [2.45, 2.75) is 159 Å². The molecule has 0 aromatic heterocycles. The van der Waals surface area contributed by atoms with Crippen LogP contribution in [0.3, 0.4) is 0 Å². The molecule has 0 saturated heterocycles. The maximum Gasteiger partial charge on any atom is 0.185 e. The third-order valence-corrected chi connectivity index (χ3v) is 10.7. The Morgan fingerprint density at radius 2 is 1.13 bits per heavy atom. The summed E-state index contributed by atoms with van der Waals surface area (Å²) >= 11 is 3.90. The molecule has 2 aromatic rings. The van der Waals surface area contributed by atoms with Crippen LogP contribution in [0.15, 0.2) is 58.3 Å². The minimum Gasteiger partial charge on any atom is -0.494 e. The van der Waals surface area contributed by atoms with E-state index in [2.05, 4.69) is 39.0 Å². The highest BCUT2D eigenvalue weighted by atomic mass is 32.2. The third-order valence-electron chi connectivity index (χ3n) is 8.29. The van der Waals surface area contributed by atoms with Gasteiger partial charge in [0.2, 0.25) is 0 Å². The second-order valence-corrected chi connectivity index (χ2v) is 14.8. The maximum atomic E-state index is 13.0.